The van der Waals surface area contributed by atoms with Gasteiger partial charge in [-0.1, -0.05) is 33.1 Å². The van der Waals surface area contributed by atoms with E-state index in [1.807, 2.05) is 0 Å². The van der Waals surface area contributed by atoms with Crippen molar-refractivity contribution in [3.05, 3.63) is 0 Å². The molecule has 0 heterocycles. The summed E-state index contributed by atoms with van der Waals surface area (Å²) in [5.41, 5.74) is 5.36. The normalized spacial score (nSPS) is 13.2. The van der Waals surface area contributed by atoms with E-state index in [9.17, 15) is 0 Å². The largest absolute Gasteiger partial charge is 0.329 e. The molecule has 0 aliphatic heterocycles. The van der Waals surface area contributed by atoms with E-state index in [2.05, 4.69) is 19.2 Å². The van der Waals surface area contributed by atoms with Crippen LogP contribution in [0.3, 0.4) is 0 Å². The van der Waals surface area contributed by atoms with Crippen LogP contribution in [0.2, 0.25) is 0 Å². The van der Waals surface area contributed by atoms with Crippen LogP contribution >= 0.6 is 0 Å². The van der Waals surface area contributed by atoms with Crippen molar-refractivity contribution in [1.29, 1.82) is 0 Å². The van der Waals surface area contributed by atoms with Crippen molar-refractivity contribution in [1.82, 2.24) is 5.32 Å². The molecule has 0 amide bonds. The summed E-state index contributed by atoms with van der Waals surface area (Å²) in [6.07, 6.45) is 5.36. The van der Waals surface area contributed by atoms with Gasteiger partial charge in [0.05, 0.1) is 0 Å². The van der Waals surface area contributed by atoms with Crippen LogP contribution in [0.15, 0.2) is 0 Å². The average molecular weight is 172 g/mol. The molecule has 1 unspecified atom stereocenters. The fraction of sp³-hybridized carbons (Fsp3) is 1.00. The number of hydrogen-bond donors (Lipinski definition) is 2. The van der Waals surface area contributed by atoms with E-state index in [0.717, 1.165) is 25.6 Å². The van der Waals surface area contributed by atoms with Crippen LogP contribution in [0, 0.1) is 5.92 Å². The van der Waals surface area contributed by atoms with Crippen molar-refractivity contribution >= 4 is 0 Å². The molecule has 0 aliphatic rings. The lowest BCUT2D eigenvalue weighted by Gasteiger charge is -2.10. The first kappa shape index (κ1) is 11.9. The smallest absolute Gasteiger partial charge is 0.00745 e. The molecule has 1 atom stereocenters. The lowest BCUT2D eigenvalue weighted by molar-refractivity contribution is 0.455. The van der Waals surface area contributed by atoms with E-state index in [1.54, 1.807) is 0 Å². The second kappa shape index (κ2) is 9.01. The Kier molecular flexibility index (Phi) is 8.95. The highest BCUT2D eigenvalue weighted by Crippen LogP contribution is 2.10. The number of unbranched alkanes of at least 4 members (excludes halogenated alkanes) is 1. The third-order valence-corrected chi connectivity index (χ3v) is 2.19. The summed E-state index contributed by atoms with van der Waals surface area (Å²) in [7, 11) is 0. The molecule has 0 aromatic carbocycles. The number of rotatable bonds is 8. The molecule has 0 aromatic rings. The number of hydrogen-bond acceptors (Lipinski definition) is 2. The maximum atomic E-state index is 5.36. The minimum Gasteiger partial charge on any atom is -0.329 e. The van der Waals surface area contributed by atoms with Crippen molar-refractivity contribution in [3.8, 4) is 0 Å². The molecule has 0 radical (unpaired) electrons. The summed E-state index contributed by atoms with van der Waals surface area (Å²) in [4.78, 5) is 0. The van der Waals surface area contributed by atoms with Gasteiger partial charge < -0.3 is 11.1 Å². The molecule has 0 bridgehead atoms. The van der Waals surface area contributed by atoms with Crippen molar-refractivity contribution in [3.63, 3.8) is 0 Å². The summed E-state index contributed by atoms with van der Waals surface area (Å²) in [5.74, 6) is 0.871. The Hall–Kier alpha value is -0.0800. The molecule has 0 saturated carbocycles. The minimum atomic E-state index is 0.753. The monoisotopic (exact) mass is 172 g/mol. The van der Waals surface area contributed by atoms with Crippen molar-refractivity contribution < 1.29 is 0 Å². The van der Waals surface area contributed by atoms with Gasteiger partial charge in [-0.2, -0.15) is 0 Å². The Labute approximate surface area is 76.9 Å². The predicted octanol–water partition coefficient (Wildman–Crippen LogP) is 1.75. The summed E-state index contributed by atoms with van der Waals surface area (Å²) in [5, 5.41) is 3.32. The van der Waals surface area contributed by atoms with Crippen LogP contribution in [-0.4, -0.2) is 19.6 Å². The Morgan fingerprint density at radius 3 is 2.58 bits per heavy atom. The zero-order chi connectivity index (χ0) is 9.23. The predicted molar refractivity (Wildman–Crippen MR) is 55.2 cm³/mol. The first-order chi connectivity index (χ1) is 5.81. The second-order valence-electron chi connectivity index (χ2n) is 3.57. The maximum absolute atomic E-state index is 5.36. The molecule has 0 aliphatic carbocycles. The summed E-state index contributed by atoms with van der Waals surface area (Å²) in [6.45, 7) is 7.42. The van der Waals surface area contributed by atoms with Gasteiger partial charge in [0, 0.05) is 13.1 Å². The highest BCUT2D eigenvalue weighted by atomic mass is 14.9. The standard InChI is InChI=1S/C10H24N2/c1-3-4-5-10(2)6-8-12-9-7-11/h10,12H,3-9,11H2,1-2H3. The van der Waals surface area contributed by atoms with Gasteiger partial charge in [-0.25, -0.2) is 0 Å². The van der Waals surface area contributed by atoms with Crippen molar-refractivity contribution in [2.24, 2.45) is 11.7 Å². The van der Waals surface area contributed by atoms with Crippen LogP contribution in [0.5, 0.6) is 0 Å². The van der Waals surface area contributed by atoms with E-state index < -0.39 is 0 Å². The molecule has 2 nitrogen and oxygen atoms in total. The van der Waals surface area contributed by atoms with Crippen LogP contribution < -0.4 is 11.1 Å². The minimum absolute atomic E-state index is 0.753. The number of nitrogens with one attached hydrogen (secondary N) is 1. The van der Waals surface area contributed by atoms with Gasteiger partial charge in [0.25, 0.3) is 0 Å². The third kappa shape index (κ3) is 8.02. The highest BCUT2D eigenvalue weighted by molar-refractivity contribution is 4.56. The molecule has 0 spiro atoms. The average Bonchev–Trinajstić information content (AvgIpc) is 2.09. The lowest BCUT2D eigenvalue weighted by atomic mass is 10.0. The Balaban J connectivity index is 3.02. The lowest BCUT2D eigenvalue weighted by Crippen LogP contribution is -2.24. The first-order valence-electron chi connectivity index (χ1n) is 5.22. The van der Waals surface area contributed by atoms with Gasteiger partial charge in [-0.3, -0.25) is 0 Å². The van der Waals surface area contributed by atoms with Crippen LogP contribution in [-0.2, 0) is 0 Å². The Morgan fingerprint density at radius 2 is 2.00 bits per heavy atom. The zero-order valence-electron chi connectivity index (χ0n) is 8.60. The summed E-state index contributed by atoms with van der Waals surface area (Å²) in [6, 6.07) is 0. The van der Waals surface area contributed by atoms with Crippen molar-refractivity contribution in [2.45, 2.75) is 39.5 Å². The van der Waals surface area contributed by atoms with Gasteiger partial charge in [0.1, 0.15) is 0 Å². The molecular weight excluding hydrogens is 148 g/mol. The van der Waals surface area contributed by atoms with E-state index in [1.165, 1.54) is 25.7 Å². The topological polar surface area (TPSA) is 38.0 Å². The third-order valence-electron chi connectivity index (χ3n) is 2.19. The van der Waals surface area contributed by atoms with Gasteiger partial charge in [-0.15, -0.1) is 0 Å². The van der Waals surface area contributed by atoms with Gasteiger partial charge in [-0.05, 0) is 18.9 Å². The van der Waals surface area contributed by atoms with Gasteiger partial charge in [0.2, 0.25) is 0 Å². The Bertz CT molecular complexity index is 83.9. The molecule has 12 heavy (non-hydrogen) atoms. The number of nitrogens with two attached hydrogens (primary N) is 1. The van der Waals surface area contributed by atoms with Crippen LogP contribution in [0.25, 0.3) is 0 Å². The molecule has 0 fully saturated rings. The molecule has 0 rings (SSSR count). The maximum Gasteiger partial charge on any atom is 0.00745 e. The van der Waals surface area contributed by atoms with Gasteiger partial charge in [0.15, 0.2) is 0 Å². The molecular formula is C10H24N2. The first-order valence-corrected chi connectivity index (χ1v) is 5.22. The summed E-state index contributed by atoms with van der Waals surface area (Å²) >= 11 is 0. The van der Waals surface area contributed by atoms with E-state index in [-0.39, 0.29) is 0 Å². The zero-order valence-corrected chi connectivity index (χ0v) is 8.60. The molecule has 0 aromatic heterocycles. The fourth-order valence-electron chi connectivity index (χ4n) is 1.27. The van der Waals surface area contributed by atoms with E-state index in [4.69, 9.17) is 5.73 Å². The molecule has 2 heteroatoms. The quantitative estimate of drug-likeness (QED) is 0.547. The highest BCUT2D eigenvalue weighted by Gasteiger charge is 1.99. The van der Waals surface area contributed by atoms with Crippen LogP contribution in [0.1, 0.15) is 39.5 Å². The van der Waals surface area contributed by atoms with E-state index in [0.29, 0.717) is 0 Å². The SMILES string of the molecule is CCCCC(C)CCNCCN. The second-order valence-corrected chi connectivity index (χ2v) is 3.57. The molecule has 74 valence electrons. The van der Waals surface area contributed by atoms with Gasteiger partial charge >= 0.3 is 0 Å². The summed E-state index contributed by atoms with van der Waals surface area (Å²) < 4.78 is 0. The van der Waals surface area contributed by atoms with Crippen molar-refractivity contribution in [2.75, 3.05) is 19.6 Å². The molecule has 0 saturated heterocycles. The molecule has 3 N–H and O–H groups in total. The van der Waals surface area contributed by atoms with Crippen LogP contribution in [0.4, 0.5) is 0 Å². The Morgan fingerprint density at radius 1 is 1.25 bits per heavy atom. The van der Waals surface area contributed by atoms with E-state index >= 15 is 0 Å². The fourth-order valence-corrected chi connectivity index (χ4v) is 1.27.